The number of rotatable bonds is 9. The van der Waals surface area contributed by atoms with E-state index in [0.717, 1.165) is 33.3 Å². The molecule has 0 aliphatic heterocycles. The zero-order valence-electron chi connectivity index (χ0n) is 23.4. The molecule has 204 valence electrons. The Labute approximate surface area is 237 Å². The quantitative estimate of drug-likeness (QED) is 0.190. The Hall–Kier alpha value is -3.65. The van der Waals surface area contributed by atoms with Crippen molar-refractivity contribution in [1.29, 1.82) is 0 Å². The molecule has 1 aromatic heterocycles. The van der Waals surface area contributed by atoms with Crippen molar-refractivity contribution in [3.8, 4) is 28.6 Å². The third-order valence-electron chi connectivity index (χ3n) is 6.67. The Balaban J connectivity index is 1.99. The van der Waals surface area contributed by atoms with Crippen LogP contribution in [0.5, 0.6) is 17.2 Å². The van der Waals surface area contributed by atoms with E-state index in [4.69, 9.17) is 24.3 Å². The lowest BCUT2D eigenvalue weighted by Gasteiger charge is -2.18. The van der Waals surface area contributed by atoms with Crippen LogP contribution in [0.15, 0.2) is 62.9 Å². The van der Waals surface area contributed by atoms with E-state index in [9.17, 15) is 4.79 Å². The minimum atomic E-state index is -0.264. The summed E-state index contributed by atoms with van der Waals surface area (Å²) in [5, 5.41) is 5.18. The van der Waals surface area contributed by atoms with Crippen LogP contribution in [-0.2, 0) is 0 Å². The number of benzene rings is 3. The number of methoxy groups -OCH3 is 2. The molecule has 0 N–H and O–H groups in total. The number of aryl methyl sites for hydroxylation is 1. The molecule has 7 nitrogen and oxygen atoms in total. The Bertz CT molecular complexity index is 1590. The largest absolute Gasteiger partial charge is 0.496 e. The van der Waals surface area contributed by atoms with Crippen LogP contribution in [0.25, 0.3) is 22.3 Å². The molecule has 0 fully saturated rings. The van der Waals surface area contributed by atoms with Crippen LogP contribution >= 0.6 is 15.9 Å². The van der Waals surface area contributed by atoms with Gasteiger partial charge in [-0.2, -0.15) is 9.78 Å². The third kappa shape index (κ3) is 5.86. The maximum Gasteiger partial charge on any atom is 0.282 e. The maximum absolute atomic E-state index is 13.8. The summed E-state index contributed by atoms with van der Waals surface area (Å²) in [7, 11) is 3.26. The van der Waals surface area contributed by atoms with Crippen molar-refractivity contribution in [2.45, 2.75) is 53.1 Å². The second-order valence-electron chi connectivity index (χ2n) is 9.74. The van der Waals surface area contributed by atoms with Crippen molar-refractivity contribution >= 4 is 33.0 Å². The van der Waals surface area contributed by atoms with Gasteiger partial charge in [-0.3, -0.25) is 4.79 Å². The highest BCUT2D eigenvalue weighted by Gasteiger charge is 2.19. The van der Waals surface area contributed by atoms with E-state index in [-0.39, 0.29) is 17.6 Å². The van der Waals surface area contributed by atoms with E-state index in [2.05, 4.69) is 36.7 Å². The minimum absolute atomic E-state index is 0.0377. The van der Waals surface area contributed by atoms with E-state index in [0.29, 0.717) is 33.8 Å². The average Bonchev–Trinajstić information content (AvgIpc) is 2.92. The molecule has 8 heteroatoms. The van der Waals surface area contributed by atoms with Crippen molar-refractivity contribution in [3.63, 3.8) is 0 Å². The van der Waals surface area contributed by atoms with Gasteiger partial charge in [-0.1, -0.05) is 48.8 Å². The van der Waals surface area contributed by atoms with Gasteiger partial charge in [0, 0.05) is 15.6 Å². The fraction of sp³-hybridized carbons (Fsp3) is 0.323. The molecule has 39 heavy (non-hydrogen) atoms. The highest BCUT2D eigenvalue weighted by Crippen LogP contribution is 2.36. The first-order valence-electron chi connectivity index (χ1n) is 13.0. The van der Waals surface area contributed by atoms with E-state index in [1.54, 1.807) is 26.5 Å². The Morgan fingerprint density at radius 3 is 2.44 bits per heavy atom. The van der Waals surface area contributed by atoms with Gasteiger partial charge in [0.05, 0.1) is 37.4 Å². The second-order valence-corrected chi connectivity index (χ2v) is 10.7. The molecule has 0 saturated carbocycles. The molecule has 0 aliphatic rings. The number of hydrogen-bond donors (Lipinski definition) is 0. The summed E-state index contributed by atoms with van der Waals surface area (Å²) in [6, 6.07) is 15.1. The van der Waals surface area contributed by atoms with Gasteiger partial charge in [0.25, 0.3) is 5.56 Å². The van der Waals surface area contributed by atoms with Gasteiger partial charge >= 0.3 is 0 Å². The number of fused-ring (bicyclic) bond motifs is 1. The van der Waals surface area contributed by atoms with E-state index < -0.39 is 0 Å². The predicted octanol–water partition coefficient (Wildman–Crippen LogP) is 7.33. The molecular weight excluding hydrogens is 558 g/mol. The Morgan fingerprint density at radius 2 is 1.77 bits per heavy atom. The molecule has 0 aliphatic carbocycles. The second kappa shape index (κ2) is 12.0. The highest BCUT2D eigenvalue weighted by atomic mass is 79.9. The van der Waals surface area contributed by atoms with Gasteiger partial charge in [0.15, 0.2) is 17.3 Å². The van der Waals surface area contributed by atoms with Crippen LogP contribution in [0.2, 0.25) is 0 Å². The van der Waals surface area contributed by atoms with Crippen molar-refractivity contribution in [1.82, 2.24) is 9.66 Å². The monoisotopic (exact) mass is 591 g/mol. The molecule has 0 bridgehead atoms. The van der Waals surface area contributed by atoms with Crippen LogP contribution < -0.4 is 19.8 Å². The molecule has 0 amide bonds. The molecule has 3 aromatic carbocycles. The van der Waals surface area contributed by atoms with Crippen molar-refractivity contribution in [3.05, 3.63) is 80.0 Å². The van der Waals surface area contributed by atoms with Crippen LogP contribution in [0.4, 0.5) is 0 Å². The average molecular weight is 593 g/mol. The zero-order chi connectivity index (χ0) is 28.3. The van der Waals surface area contributed by atoms with Crippen molar-refractivity contribution < 1.29 is 14.2 Å². The summed E-state index contributed by atoms with van der Waals surface area (Å²) in [5.41, 5.74) is 3.77. The summed E-state index contributed by atoms with van der Waals surface area (Å²) in [6.07, 6.45) is 2.40. The van der Waals surface area contributed by atoms with Crippen LogP contribution in [0.3, 0.4) is 0 Å². The number of nitrogens with zero attached hydrogens (tertiary/aromatic N) is 3. The van der Waals surface area contributed by atoms with Crippen LogP contribution in [0, 0.1) is 6.92 Å². The van der Waals surface area contributed by atoms with Gasteiger partial charge in [-0.05, 0) is 73.7 Å². The third-order valence-corrected chi connectivity index (χ3v) is 7.13. The Kier molecular flexibility index (Phi) is 8.75. The smallest absolute Gasteiger partial charge is 0.282 e. The first-order chi connectivity index (χ1) is 18.7. The lowest BCUT2D eigenvalue weighted by Crippen LogP contribution is -2.21. The number of para-hydroxylation sites is 1. The summed E-state index contributed by atoms with van der Waals surface area (Å²) < 4.78 is 19.6. The molecule has 0 unspecified atom stereocenters. The van der Waals surface area contributed by atoms with E-state index in [1.807, 2.05) is 56.3 Å². The van der Waals surface area contributed by atoms with Crippen LogP contribution in [-0.4, -0.2) is 36.2 Å². The molecule has 1 atom stereocenters. The first-order valence-corrected chi connectivity index (χ1v) is 13.8. The summed E-state index contributed by atoms with van der Waals surface area (Å²) in [6.45, 7) is 10.2. The number of hydrogen-bond acceptors (Lipinski definition) is 6. The molecule has 0 radical (unpaired) electrons. The minimum Gasteiger partial charge on any atom is -0.496 e. The van der Waals surface area contributed by atoms with Crippen molar-refractivity contribution in [2.75, 3.05) is 14.2 Å². The number of halogens is 1. The van der Waals surface area contributed by atoms with Gasteiger partial charge in [-0.15, -0.1) is 0 Å². The molecule has 4 aromatic rings. The first kappa shape index (κ1) is 28.4. The van der Waals surface area contributed by atoms with Crippen LogP contribution in [0.1, 0.15) is 56.7 Å². The molecule has 0 saturated heterocycles. The fourth-order valence-corrected chi connectivity index (χ4v) is 4.79. The van der Waals surface area contributed by atoms with Gasteiger partial charge in [0.1, 0.15) is 5.75 Å². The molecule has 0 spiro atoms. The summed E-state index contributed by atoms with van der Waals surface area (Å²) in [5.74, 6) is 2.59. The summed E-state index contributed by atoms with van der Waals surface area (Å²) in [4.78, 5) is 18.7. The topological polar surface area (TPSA) is 74.9 Å². The maximum atomic E-state index is 13.8. The lowest BCUT2D eigenvalue weighted by atomic mass is 9.96. The normalized spacial score (nSPS) is 12.3. The fourth-order valence-electron chi connectivity index (χ4n) is 4.34. The lowest BCUT2D eigenvalue weighted by molar-refractivity contribution is 0.207. The highest BCUT2D eigenvalue weighted by molar-refractivity contribution is 9.10. The van der Waals surface area contributed by atoms with E-state index >= 15 is 0 Å². The Morgan fingerprint density at radius 1 is 1.05 bits per heavy atom. The standard InChI is InChI=1S/C31H34BrN3O4/c1-8-20(5)39-29-21(14-22(32)15-28(29)38-7)17-33-35-30(34-26-12-10-9-11-23(26)31(35)36)25-16-24(18(2)3)27(37-6)13-19(25)4/h9-18,20H,8H2,1-7H3/t20-/m0/s1. The predicted molar refractivity (Wildman–Crippen MR) is 161 cm³/mol. The number of aromatic nitrogens is 2. The van der Waals surface area contributed by atoms with Gasteiger partial charge < -0.3 is 14.2 Å². The molecule has 4 rings (SSSR count). The number of ether oxygens (including phenoxy) is 3. The van der Waals surface area contributed by atoms with Gasteiger partial charge in [0.2, 0.25) is 0 Å². The van der Waals surface area contributed by atoms with Gasteiger partial charge in [-0.25, -0.2) is 4.98 Å². The molecule has 1 heterocycles. The summed E-state index contributed by atoms with van der Waals surface area (Å²) >= 11 is 3.55. The SMILES string of the molecule is CC[C@H](C)Oc1c(C=Nn2c(-c3cc(C(C)C)c(OC)cc3C)nc3ccccc3c2=O)cc(Br)cc1OC. The van der Waals surface area contributed by atoms with Crippen molar-refractivity contribution in [2.24, 2.45) is 5.10 Å². The molecular formula is C31H34BrN3O4. The zero-order valence-corrected chi connectivity index (χ0v) is 25.0. The van der Waals surface area contributed by atoms with E-state index in [1.165, 1.54) is 4.68 Å².